The van der Waals surface area contributed by atoms with Gasteiger partial charge >= 0.3 is 6.18 Å². The van der Waals surface area contributed by atoms with Crippen LogP contribution in [0.1, 0.15) is 23.2 Å². The molecule has 1 amide bonds. The Labute approximate surface area is 120 Å². The largest absolute Gasteiger partial charge is 0.497 e. The van der Waals surface area contributed by atoms with Crippen molar-refractivity contribution < 1.29 is 22.7 Å². The first-order chi connectivity index (χ1) is 9.90. The number of alkyl halides is 3. The second-order valence-corrected chi connectivity index (χ2v) is 4.98. The van der Waals surface area contributed by atoms with Gasteiger partial charge in [0.2, 0.25) is 0 Å². The van der Waals surface area contributed by atoms with Crippen molar-refractivity contribution in [1.82, 2.24) is 10.6 Å². The van der Waals surface area contributed by atoms with Crippen LogP contribution in [0.3, 0.4) is 0 Å². The topological polar surface area (TPSA) is 50.4 Å². The highest BCUT2D eigenvalue weighted by Gasteiger charge is 2.41. The zero-order valence-corrected chi connectivity index (χ0v) is 11.5. The SMILES string of the molecule is COc1ccc(C(=O)NC2CCC(C(F)(F)F)NC2)cc1. The van der Waals surface area contributed by atoms with E-state index in [9.17, 15) is 18.0 Å². The van der Waals surface area contributed by atoms with Crippen molar-refractivity contribution in [2.24, 2.45) is 0 Å². The molecule has 1 aromatic carbocycles. The van der Waals surface area contributed by atoms with Crippen LogP contribution in [0.25, 0.3) is 0 Å². The molecule has 0 aliphatic carbocycles. The minimum Gasteiger partial charge on any atom is -0.497 e. The van der Waals surface area contributed by atoms with E-state index in [0.29, 0.717) is 17.7 Å². The Morgan fingerprint density at radius 2 is 1.95 bits per heavy atom. The van der Waals surface area contributed by atoms with Gasteiger partial charge in [0.15, 0.2) is 0 Å². The van der Waals surface area contributed by atoms with E-state index in [1.807, 2.05) is 0 Å². The molecule has 1 aromatic rings. The van der Waals surface area contributed by atoms with Gasteiger partial charge in [-0.2, -0.15) is 13.2 Å². The van der Waals surface area contributed by atoms with Gasteiger partial charge in [0, 0.05) is 18.2 Å². The highest BCUT2D eigenvalue weighted by atomic mass is 19.4. The van der Waals surface area contributed by atoms with Crippen LogP contribution in [0.15, 0.2) is 24.3 Å². The van der Waals surface area contributed by atoms with Crippen molar-refractivity contribution in [1.29, 1.82) is 0 Å². The number of rotatable bonds is 3. The number of hydrogen-bond donors (Lipinski definition) is 2. The molecular formula is C14H17F3N2O2. The van der Waals surface area contributed by atoms with Gasteiger partial charge in [-0.1, -0.05) is 0 Å². The number of benzene rings is 1. The van der Waals surface area contributed by atoms with Gasteiger partial charge in [0.1, 0.15) is 11.8 Å². The molecule has 2 unspecified atom stereocenters. The van der Waals surface area contributed by atoms with Crippen LogP contribution in [-0.2, 0) is 0 Å². The number of halogens is 3. The third-order valence-corrected chi connectivity index (χ3v) is 3.50. The molecule has 1 saturated heterocycles. The lowest BCUT2D eigenvalue weighted by Gasteiger charge is -2.31. The van der Waals surface area contributed by atoms with Crippen LogP contribution >= 0.6 is 0 Å². The second kappa shape index (κ2) is 6.34. The van der Waals surface area contributed by atoms with E-state index < -0.39 is 12.2 Å². The van der Waals surface area contributed by atoms with Crippen molar-refractivity contribution in [3.05, 3.63) is 29.8 Å². The van der Waals surface area contributed by atoms with E-state index in [2.05, 4.69) is 10.6 Å². The summed E-state index contributed by atoms with van der Waals surface area (Å²) in [4.78, 5) is 12.0. The summed E-state index contributed by atoms with van der Waals surface area (Å²) in [6.07, 6.45) is -3.96. The number of carbonyl (C=O) groups excluding carboxylic acids is 1. The number of methoxy groups -OCH3 is 1. The lowest BCUT2D eigenvalue weighted by molar-refractivity contribution is -0.160. The Morgan fingerprint density at radius 3 is 2.43 bits per heavy atom. The van der Waals surface area contributed by atoms with Crippen molar-refractivity contribution >= 4 is 5.91 Å². The van der Waals surface area contributed by atoms with E-state index in [-0.39, 0.29) is 24.9 Å². The molecule has 2 N–H and O–H groups in total. The number of nitrogens with one attached hydrogen (secondary N) is 2. The van der Waals surface area contributed by atoms with E-state index in [4.69, 9.17) is 4.74 Å². The number of carbonyl (C=O) groups is 1. The molecule has 2 atom stereocenters. The third kappa shape index (κ3) is 4.10. The van der Waals surface area contributed by atoms with Crippen molar-refractivity contribution in [2.45, 2.75) is 31.1 Å². The van der Waals surface area contributed by atoms with E-state index >= 15 is 0 Å². The first-order valence-electron chi connectivity index (χ1n) is 6.65. The molecule has 2 rings (SSSR count). The fourth-order valence-corrected chi connectivity index (χ4v) is 2.27. The summed E-state index contributed by atoms with van der Waals surface area (Å²) in [7, 11) is 1.53. The Hall–Kier alpha value is -1.76. The zero-order chi connectivity index (χ0) is 15.5. The smallest absolute Gasteiger partial charge is 0.403 e. The van der Waals surface area contributed by atoms with Gasteiger partial charge in [-0.05, 0) is 37.1 Å². The van der Waals surface area contributed by atoms with Crippen molar-refractivity contribution in [2.75, 3.05) is 13.7 Å². The molecule has 1 heterocycles. The Morgan fingerprint density at radius 1 is 1.29 bits per heavy atom. The fraction of sp³-hybridized carbons (Fsp3) is 0.500. The quantitative estimate of drug-likeness (QED) is 0.899. The summed E-state index contributed by atoms with van der Waals surface area (Å²) in [6, 6.07) is 4.78. The third-order valence-electron chi connectivity index (χ3n) is 3.50. The Balaban J connectivity index is 1.86. The maximum atomic E-state index is 12.5. The van der Waals surface area contributed by atoms with E-state index in [1.54, 1.807) is 24.3 Å². The molecule has 0 bridgehead atoms. The van der Waals surface area contributed by atoms with Crippen LogP contribution in [0.4, 0.5) is 13.2 Å². The van der Waals surface area contributed by atoms with Crippen LogP contribution in [-0.4, -0.2) is 37.8 Å². The summed E-state index contributed by atoms with van der Waals surface area (Å²) in [6.45, 7) is 0.117. The number of hydrogen-bond acceptors (Lipinski definition) is 3. The molecule has 0 radical (unpaired) electrons. The first kappa shape index (κ1) is 15.6. The summed E-state index contributed by atoms with van der Waals surface area (Å²) in [5, 5.41) is 5.16. The number of amides is 1. The summed E-state index contributed by atoms with van der Waals surface area (Å²) < 4.78 is 42.5. The average molecular weight is 302 g/mol. The van der Waals surface area contributed by atoms with Crippen LogP contribution in [0.5, 0.6) is 5.75 Å². The monoisotopic (exact) mass is 302 g/mol. The number of ether oxygens (including phenoxy) is 1. The first-order valence-corrected chi connectivity index (χ1v) is 6.65. The molecular weight excluding hydrogens is 285 g/mol. The minimum atomic E-state index is -4.23. The predicted molar refractivity (Wildman–Crippen MR) is 71.3 cm³/mol. The standard InChI is InChI=1S/C14H17F3N2O2/c1-21-11-5-2-9(3-6-11)13(20)19-10-4-7-12(18-8-10)14(15,16)17/h2-3,5-6,10,12,18H,4,7-8H2,1H3,(H,19,20). The Bertz CT molecular complexity index is 480. The summed E-state index contributed by atoms with van der Waals surface area (Å²) >= 11 is 0. The summed E-state index contributed by atoms with van der Waals surface area (Å²) in [5.41, 5.74) is 0.453. The summed E-state index contributed by atoms with van der Waals surface area (Å²) in [5.74, 6) is 0.341. The van der Waals surface area contributed by atoms with Gasteiger partial charge in [-0.25, -0.2) is 0 Å². The normalized spacial score (nSPS) is 22.7. The van der Waals surface area contributed by atoms with E-state index in [1.165, 1.54) is 7.11 Å². The Kier molecular flexibility index (Phi) is 4.72. The van der Waals surface area contributed by atoms with Gasteiger partial charge in [-0.3, -0.25) is 4.79 Å². The number of piperidine rings is 1. The maximum Gasteiger partial charge on any atom is 0.403 e. The van der Waals surface area contributed by atoms with Gasteiger partial charge < -0.3 is 15.4 Å². The average Bonchev–Trinajstić information content (AvgIpc) is 2.47. The molecule has 0 aromatic heterocycles. The molecule has 1 fully saturated rings. The molecule has 4 nitrogen and oxygen atoms in total. The zero-order valence-electron chi connectivity index (χ0n) is 11.5. The minimum absolute atomic E-state index is 0.0307. The van der Waals surface area contributed by atoms with Gasteiger partial charge in [-0.15, -0.1) is 0 Å². The van der Waals surface area contributed by atoms with Crippen molar-refractivity contribution in [3.63, 3.8) is 0 Å². The second-order valence-electron chi connectivity index (χ2n) is 4.98. The molecule has 1 aliphatic rings. The lowest BCUT2D eigenvalue weighted by Crippen LogP contribution is -2.54. The van der Waals surface area contributed by atoms with Gasteiger partial charge in [0.25, 0.3) is 5.91 Å². The fourth-order valence-electron chi connectivity index (χ4n) is 2.27. The molecule has 116 valence electrons. The van der Waals surface area contributed by atoms with Crippen molar-refractivity contribution in [3.8, 4) is 5.75 Å². The highest BCUT2D eigenvalue weighted by molar-refractivity contribution is 5.94. The van der Waals surface area contributed by atoms with Crippen LogP contribution in [0, 0.1) is 0 Å². The van der Waals surface area contributed by atoms with E-state index in [0.717, 1.165) is 0 Å². The molecule has 0 spiro atoms. The van der Waals surface area contributed by atoms with Crippen LogP contribution < -0.4 is 15.4 Å². The van der Waals surface area contributed by atoms with Gasteiger partial charge in [0.05, 0.1) is 7.11 Å². The maximum absolute atomic E-state index is 12.5. The lowest BCUT2D eigenvalue weighted by atomic mass is 10.00. The molecule has 0 saturated carbocycles. The highest BCUT2D eigenvalue weighted by Crippen LogP contribution is 2.26. The molecule has 1 aliphatic heterocycles. The molecule has 7 heteroatoms. The molecule has 21 heavy (non-hydrogen) atoms. The predicted octanol–water partition coefficient (Wildman–Crippen LogP) is 2.11. The van der Waals surface area contributed by atoms with Crippen LogP contribution in [0.2, 0.25) is 0 Å².